The molecule has 1 unspecified atom stereocenters. The lowest BCUT2D eigenvalue weighted by molar-refractivity contribution is 0.00255. The van der Waals surface area contributed by atoms with Crippen molar-refractivity contribution < 1.29 is 5.11 Å². The van der Waals surface area contributed by atoms with Gasteiger partial charge in [0, 0.05) is 25.0 Å². The summed E-state index contributed by atoms with van der Waals surface area (Å²) in [4.78, 5) is 9.03. The van der Waals surface area contributed by atoms with Crippen molar-refractivity contribution in [1.82, 2.24) is 14.8 Å². The molecule has 2 heterocycles. The van der Waals surface area contributed by atoms with Crippen molar-refractivity contribution in [2.45, 2.75) is 38.3 Å². The van der Waals surface area contributed by atoms with Crippen LogP contribution in [0.4, 0.5) is 0 Å². The van der Waals surface area contributed by atoms with Crippen LogP contribution in [0.2, 0.25) is 0 Å². The second kappa shape index (κ2) is 6.31. The first-order chi connectivity index (χ1) is 8.97. The van der Waals surface area contributed by atoms with Gasteiger partial charge in [0.05, 0.1) is 16.3 Å². The highest BCUT2D eigenvalue weighted by Crippen LogP contribution is 2.24. The third-order valence-electron chi connectivity index (χ3n) is 3.67. The number of likely N-dealkylation sites (tertiary alicyclic amines) is 1. The van der Waals surface area contributed by atoms with E-state index < -0.39 is 5.60 Å². The minimum atomic E-state index is -0.518. The molecule has 1 fully saturated rings. The molecule has 4 nitrogen and oxygen atoms in total. The Hall–Kier alpha value is -0.490. The predicted molar refractivity (Wildman–Crippen MR) is 79.5 cm³/mol. The monoisotopic (exact) mass is 283 g/mol. The van der Waals surface area contributed by atoms with Gasteiger partial charge in [-0.2, -0.15) is 0 Å². The number of thiazole rings is 1. The number of aromatic nitrogens is 1. The van der Waals surface area contributed by atoms with E-state index in [0.29, 0.717) is 0 Å². The first-order valence-electron chi connectivity index (χ1n) is 6.97. The fraction of sp³-hybridized carbons (Fsp3) is 0.786. The maximum atomic E-state index is 10.6. The molecule has 0 aromatic carbocycles. The van der Waals surface area contributed by atoms with E-state index in [9.17, 15) is 5.11 Å². The average molecular weight is 283 g/mol. The van der Waals surface area contributed by atoms with E-state index in [1.807, 2.05) is 21.0 Å². The SMILES string of the molecule is Cc1nc(CN2CCCC(O)(CN(C)C)CC2)cs1. The lowest BCUT2D eigenvalue weighted by atomic mass is 9.94. The highest BCUT2D eigenvalue weighted by molar-refractivity contribution is 7.09. The minimum absolute atomic E-state index is 0.518. The number of rotatable bonds is 4. The molecule has 0 bridgehead atoms. The van der Waals surface area contributed by atoms with E-state index >= 15 is 0 Å². The third kappa shape index (κ3) is 4.53. The zero-order valence-corrected chi connectivity index (χ0v) is 13.0. The van der Waals surface area contributed by atoms with Gasteiger partial charge in [-0.1, -0.05) is 0 Å². The molecular formula is C14H25N3OS. The summed E-state index contributed by atoms with van der Waals surface area (Å²) in [7, 11) is 4.05. The second-order valence-corrected chi connectivity index (χ2v) is 7.01. The molecule has 0 spiro atoms. The molecule has 0 aliphatic carbocycles. The molecule has 0 amide bonds. The summed E-state index contributed by atoms with van der Waals surface area (Å²) in [5.74, 6) is 0. The van der Waals surface area contributed by atoms with E-state index in [4.69, 9.17) is 0 Å². The van der Waals surface area contributed by atoms with E-state index in [1.54, 1.807) is 11.3 Å². The molecule has 1 aromatic rings. The Morgan fingerprint density at radius 1 is 1.42 bits per heavy atom. The van der Waals surface area contributed by atoms with Crippen LogP contribution in [0.5, 0.6) is 0 Å². The topological polar surface area (TPSA) is 39.6 Å². The Bertz CT molecular complexity index is 407. The van der Waals surface area contributed by atoms with Crippen molar-refractivity contribution in [3.63, 3.8) is 0 Å². The number of likely N-dealkylation sites (N-methyl/N-ethyl adjacent to an activating group) is 1. The fourth-order valence-electron chi connectivity index (χ4n) is 2.85. The van der Waals surface area contributed by atoms with E-state index in [-0.39, 0.29) is 0 Å². The number of hydrogen-bond acceptors (Lipinski definition) is 5. The van der Waals surface area contributed by atoms with Gasteiger partial charge in [0.25, 0.3) is 0 Å². The van der Waals surface area contributed by atoms with E-state index in [1.165, 1.54) is 5.69 Å². The van der Waals surface area contributed by atoms with E-state index in [0.717, 1.165) is 50.4 Å². The van der Waals surface area contributed by atoms with Gasteiger partial charge in [0.2, 0.25) is 0 Å². The lowest BCUT2D eigenvalue weighted by Crippen LogP contribution is -2.40. The van der Waals surface area contributed by atoms with Crippen LogP contribution in [0.15, 0.2) is 5.38 Å². The Kier molecular flexibility index (Phi) is 4.95. The largest absolute Gasteiger partial charge is 0.389 e. The van der Waals surface area contributed by atoms with Crippen LogP contribution in [0.3, 0.4) is 0 Å². The first-order valence-corrected chi connectivity index (χ1v) is 7.85. The Morgan fingerprint density at radius 3 is 2.84 bits per heavy atom. The van der Waals surface area contributed by atoms with Gasteiger partial charge in [-0.25, -0.2) is 4.98 Å². The molecule has 1 aromatic heterocycles. The Labute approximate surface area is 120 Å². The minimum Gasteiger partial charge on any atom is -0.389 e. The summed E-state index contributed by atoms with van der Waals surface area (Å²) in [6.45, 7) is 5.75. The van der Waals surface area contributed by atoms with E-state index in [2.05, 4.69) is 20.2 Å². The number of hydrogen-bond donors (Lipinski definition) is 1. The van der Waals surface area contributed by atoms with Gasteiger partial charge in [-0.3, -0.25) is 4.90 Å². The summed E-state index contributed by atoms with van der Waals surface area (Å²) in [6.07, 6.45) is 2.82. The van der Waals surface area contributed by atoms with Crippen LogP contribution in [0.25, 0.3) is 0 Å². The van der Waals surface area contributed by atoms with Gasteiger partial charge in [-0.15, -0.1) is 11.3 Å². The smallest absolute Gasteiger partial charge is 0.0897 e. The first kappa shape index (κ1) is 14.9. The van der Waals surface area contributed by atoms with Gasteiger partial charge in [0.1, 0.15) is 0 Å². The Balaban J connectivity index is 1.89. The summed E-state index contributed by atoms with van der Waals surface area (Å²) in [5.41, 5.74) is 0.650. The number of nitrogens with zero attached hydrogens (tertiary/aromatic N) is 3. The molecule has 108 valence electrons. The van der Waals surface area contributed by atoms with Gasteiger partial charge < -0.3 is 10.0 Å². The highest BCUT2D eigenvalue weighted by atomic mass is 32.1. The summed E-state index contributed by atoms with van der Waals surface area (Å²) < 4.78 is 0. The second-order valence-electron chi connectivity index (χ2n) is 5.95. The van der Waals surface area contributed by atoms with Gasteiger partial charge in [-0.05, 0) is 46.8 Å². The van der Waals surface area contributed by atoms with Crippen molar-refractivity contribution in [3.05, 3.63) is 16.1 Å². The van der Waals surface area contributed by atoms with Crippen LogP contribution in [0.1, 0.15) is 30.0 Å². The average Bonchev–Trinajstić information content (AvgIpc) is 2.61. The molecule has 19 heavy (non-hydrogen) atoms. The maximum absolute atomic E-state index is 10.6. The summed E-state index contributed by atoms with van der Waals surface area (Å²) in [5, 5.41) is 13.9. The summed E-state index contributed by atoms with van der Waals surface area (Å²) >= 11 is 1.71. The molecule has 0 radical (unpaired) electrons. The quantitative estimate of drug-likeness (QED) is 0.913. The highest BCUT2D eigenvalue weighted by Gasteiger charge is 2.30. The van der Waals surface area contributed by atoms with Gasteiger partial charge in [0.15, 0.2) is 0 Å². The van der Waals surface area contributed by atoms with Crippen LogP contribution in [0, 0.1) is 6.92 Å². The molecule has 1 aliphatic heterocycles. The maximum Gasteiger partial charge on any atom is 0.0897 e. The predicted octanol–water partition coefficient (Wildman–Crippen LogP) is 1.73. The summed E-state index contributed by atoms with van der Waals surface area (Å²) in [6, 6.07) is 0. The van der Waals surface area contributed by atoms with Crippen molar-refractivity contribution in [1.29, 1.82) is 0 Å². The van der Waals surface area contributed by atoms with Gasteiger partial charge >= 0.3 is 0 Å². The van der Waals surface area contributed by atoms with Crippen LogP contribution in [-0.2, 0) is 6.54 Å². The number of aliphatic hydroxyl groups is 1. The van der Waals surface area contributed by atoms with Crippen molar-refractivity contribution >= 4 is 11.3 Å². The van der Waals surface area contributed by atoms with Crippen molar-refractivity contribution in [2.75, 3.05) is 33.7 Å². The van der Waals surface area contributed by atoms with Crippen molar-refractivity contribution in [2.24, 2.45) is 0 Å². The molecule has 1 saturated heterocycles. The number of aryl methyl sites for hydroxylation is 1. The van der Waals surface area contributed by atoms with Crippen LogP contribution >= 0.6 is 11.3 Å². The normalized spacial score (nSPS) is 25.7. The fourth-order valence-corrected chi connectivity index (χ4v) is 3.45. The van der Waals surface area contributed by atoms with Crippen molar-refractivity contribution in [3.8, 4) is 0 Å². The molecule has 5 heteroatoms. The Morgan fingerprint density at radius 2 is 2.21 bits per heavy atom. The zero-order chi connectivity index (χ0) is 13.9. The molecule has 1 aliphatic rings. The lowest BCUT2D eigenvalue weighted by Gasteiger charge is -2.29. The zero-order valence-electron chi connectivity index (χ0n) is 12.2. The molecular weight excluding hydrogens is 258 g/mol. The molecule has 0 saturated carbocycles. The third-order valence-corrected chi connectivity index (χ3v) is 4.49. The van der Waals surface area contributed by atoms with Crippen LogP contribution in [-0.4, -0.2) is 59.2 Å². The standard InChI is InChI=1S/C14H25N3OS/c1-12-15-13(10-19-12)9-17-7-4-5-14(18,6-8-17)11-16(2)3/h10,18H,4-9,11H2,1-3H3. The molecule has 1 N–H and O–H groups in total. The molecule has 1 atom stereocenters. The van der Waals surface area contributed by atoms with Crippen LogP contribution < -0.4 is 0 Å². The molecule has 2 rings (SSSR count).